The molecule has 0 aliphatic rings. The van der Waals surface area contributed by atoms with E-state index >= 15 is 0 Å². The van der Waals surface area contributed by atoms with Gasteiger partial charge in [-0.2, -0.15) is 0 Å². The Morgan fingerprint density at radius 3 is 2.23 bits per heavy atom. The fraction of sp³-hybridized carbons (Fsp3) is 0.150. The molecule has 0 spiro atoms. The molecule has 0 fully saturated rings. The van der Waals surface area contributed by atoms with Crippen LogP contribution in [-0.4, -0.2) is 15.0 Å². The van der Waals surface area contributed by atoms with Gasteiger partial charge in [0.25, 0.3) is 0 Å². The summed E-state index contributed by atoms with van der Waals surface area (Å²) in [5, 5.41) is 3.24. The number of hydrogen-bond acceptors (Lipinski definition) is 6. The lowest BCUT2D eigenvalue weighted by Crippen LogP contribution is -2.04. The van der Waals surface area contributed by atoms with Crippen molar-refractivity contribution >= 4 is 5.95 Å². The van der Waals surface area contributed by atoms with Crippen molar-refractivity contribution in [1.82, 2.24) is 15.0 Å². The van der Waals surface area contributed by atoms with Crippen LogP contribution in [0.2, 0.25) is 0 Å². The predicted molar refractivity (Wildman–Crippen MR) is 98.5 cm³/mol. The quantitative estimate of drug-likeness (QED) is 0.568. The summed E-state index contributed by atoms with van der Waals surface area (Å²) in [6, 6.07) is 11.6. The Hall–Kier alpha value is -3.41. The van der Waals surface area contributed by atoms with E-state index in [-0.39, 0.29) is 0 Å². The van der Waals surface area contributed by atoms with Gasteiger partial charge < -0.3 is 14.2 Å². The normalized spacial score (nSPS) is 10.8. The molecule has 4 rings (SSSR count). The monoisotopic (exact) mass is 346 g/mol. The number of hydrogen-bond donors (Lipinski definition) is 1. The third-order valence-corrected chi connectivity index (χ3v) is 3.97. The highest BCUT2D eigenvalue weighted by molar-refractivity contribution is 5.76. The van der Waals surface area contributed by atoms with Gasteiger partial charge in [0.1, 0.15) is 23.0 Å². The molecule has 0 aliphatic carbocycles. The fourth-order valence-electron chi connectivity index (χ4n) is 2.66. The highest BCUT2D eigenvalue weighted by atomic mass is 16.3. The molecular weight excluding hydrogens is 328 g/mol. The minimum Gasteiger partial charge on any atom is -0.461 e. The number of anilines is 1. The van der Waals surface area contributed by atoms with Crippen LogP contribution in [0, 0.1) is 13.8 Å². The zero-order valence-corrected chi connectivity index (χ0v) is 14.6. The molecule has 0 radical (unpaired) electrons. The fourth-order valence-corrected chi connectivity index (χ4v) is 2.66. The summed E-state index contributed by atoms with van der Waals surface area (Å²) in [5.74, 6) is 3.58. The topological polar surface area (TPSA) is 77.0 Å². The summed E-state index contributed by atoms with van der Waals surface area (Å²) in [4.78, 5) is 13.1. The maximum atomic E-state index is 5.79. The van der Waals surface area contributed by atoms with Crippen molar-refractivity contribution in [1.29, 1.82) is 0 Å². The maximum Gasteiger partial charge on any atom is 0.223 e. The van der Waals surface area contributed by atoms with E-state index in [2.05, 4.69) is 20.3 Å². The minimum absolute atomic E-state index is 0.526. The molecule has 6 heteroatoms. The zero-order chi connectivity index (χ0) is 17.9. The summed E-state index contributed by atoms with van der Waals surface area (Å²) in [6.07, 6.45) is 5.28. The SMILES string of the molecule is Cc1ccc(-c2cnc(NCc3ccncc3)nc2-c2ccc(C)o2)o1. The number of pyridine rings is 1. The molecule has 0 unspecified atom stereocenters. The van der Waals surface area contributed by atoms with Crippen molar-refractivity contribution < 1.29 is 8.83 Å². The van der Waals surface area contributed by atoms with E-state index in [0.717, 1.165) is 22.6 Å². The van der Waals surface area contributed by atoms with Crippen LogP contribution < -0.4 is 5.32 Å². The summed E-state index contributed by atoms with van der Waals surface area (Å²) >= 11 is 0. The van der Waals surface area contributed by atoms with Crippen molar-refractivity contribution in [2.45, 2.75) is 20.4 Å². The van der Waals surface area contributed by atoms with Crippen LogP contribution in [0.15, 0.2) is 63.8 Å². The van der Waals surface area contributed by atoms with Crippen molar-refractivity contribution in [2.24, 2.45) is 0 Å². The van der Waals surface area contributed by atoms with Gasteiger partial charge in [0.15, 0.2) is 5.76 Å². The summed E-state index contributed by atoms with van der Waals surface area (Å²) in [6.45, 7) is 4.42. The van der Waals surface area contributed by atoms with E-state index in [1.165, 1.54) is 0 Å². The molecule has 4 aromatic rings. The molecule has 4 aromatic heterocycles. The molecule has 0 saturated carbocycles. The highest BCUT2D eigenvalue weighted by Crippen LogP contribution is 2.32. The van der Waals surface area contributed by atoms with Crippen LogP contribution in [-0.2, 0) is 6.54 Å². The number of nitrogens with one attached hydrogen (secondary N) is 1. The molecule has 26 heavy (non-hydrogen) atoms. The first-order valence-corrected chi connectivity index (χ1v) is 8.32. The van der Waals surface area contributed by atoms with E-state index in [9.17, 15) is 0 Å². The van der Waals surface area contributed by atoms with Crippen LogP contribution in [0.4, 0.5) is 5.95 Å². The summed E-state index contributed by atoms with van der Waals surface area (Å²) in [5.41, 5.74) is 2.59. The van der Waals surface area contributed by atoms with Crippen molar-refractivity contribution in [2.75, 3.05) is 5.32 Å². The van der Waals surface area contributed by atoms with Crippen LogP contribution >= 0.6 is 0 Å². The average molecular weight is 346 g/mol. The van der Waals surface area contributed by atoms with Gasteiger partial charge in [-0.05, 0) is 55.8 Å². The molecule has 0 aromatic carbocycles. The second-order valence-corrected chi connectivity index (χ2v) is 5.99. The molecule has 0 aliphatic heterocycles. The average Bonchev–Trinajstić information content (AvgIpc) is 3.29. The van der Waals surface area contributed by atoms with Gasteiger partial charge in [0, 0.05) is 25.1 Å². The first kappa shape index (κ1) is 16.1. The number of rotatable bonds is 5. The van der Waals surface area contributed by atoms with Crippen LogP contribution in [0.5, 0.6) is 0 Å². The lowest BCUT2D eigenvalue weighted by molar-refractivity contribution is 0.540. The van der Waals surface area contributed by atoms with E-state index in [1.807, 2.05) is 50.2 Å². The molecule has 0 amide bonds. The largest absolute Gasteiger partial charge is 0.461 e. The summed E-state index contributed by atoms with van der Waals surface area (Å²) in [7, 11) is 0. The second-order valence-electron chi connectivity index (χ2n) is 5.99. The Bertz CT molecular complexity index is 1020. The van der Waals surface area contributed by atoms with Crippen molar-refractivity contribution in [3.05, 3.63) is 72.1 Å². The van der Waals surface area contributed by atoms with Crippen LogP contribution in [0.25, 0.3) is 22.8 Å². The van der Waals surface area contributed by atoms with Gasteiger partial charge in [-0.1, -0.05) is 0 Å². The predicted octanol–water partition coefficient (Wildman–Crippen LogP) is 4.62. The standard InChI is InChI=1S/C20H18N4O2/c1-13-3-5-17(25-13)16-12-23-20(22-11-15-7-9-21-10-8-15)24-19(16)18-6-4-14(2)26-18/h3-10,12H,11H2,1-2H3,(H,22,23,24). The first-order valence-electron chi connectivity index (χ1n) is 8.32. The molecule has 1 N–H and O–H groups in total. The van der Waals surface area contributed by atoms with Crippen molar-refractivity contribution in [3.8, 4) is 22.8 Å². The Labute approximate surface area is 150 Å². The Kier molecular flexibility index (Phi) is 4.23. The third kappa shape index (κ3) is 3.35. The van der Waals surface area contributed by atoms with Gasteiger partial charge in [-0.25, -0.2) is 9.97 Å². The maximum absolute atomic E-state index is 5.79. The third-order valence-electron chi connectivity index (χ3n) is 3.97. The molecule has 4 heterocycles. The van der Waals surface area contributed by atoms with Crippen LogP contribution in [0.1, 0.15) is 17.1 Å². The lowest BCUT2D eigenvalue weighted by Gasteiger charge is -2.09. The van der Waals surface area contributed by atoms with E-state index < -0.39 is 0 Å². The van der Waals surface area contributed by atoms with E-state index in [4.69, 9.17) is 8.83 Å². The highest BCUT2D eigenvalue weighted by Gasteiger charge is 2.17. The van der Waals surface area contributed by atoms with Crippen molar-refractivity contribution in [3.63, 3.8) is 0 Å². The number of furan rings is 2. The number of nitrogens with zero attached hydrogens (tertiary/aromatic N) is 3. The molecule has 0 saturated heterocycles. The van der Waals surface area contributed by atoms with Gasteiger partial charge >= 0.3 is 0 Å². The zero-order valence-electron chi connectivity index (χ0n) is 14.6. The van der Waals surface area contributed by atoms with Gasteiger partial charge in [0.05, 0.1) is 5.56 Å². The Balaban J connectivity index is 1.69. The first-order chi connectivity index (χ1) is 12.7. The van der Waals surface area contributed by atoms with Gasteiger partial charge in [-0.3, -0.25) is 4.98 Å². The Morgan fingerprint density at radius 2 is 1.58 bits per heavy atom. The molecule has 0 atom stereocenters. The Morgan fingerprint density at radius 1 is 0.885 bits per heavy atom. The smallest absolute Gasteiger partial charge is 0.223 e. The molecular formula is C20H18N4O2. The van der Waals surface area contributed by atoms with Gasteiger partial charge in [-0.15, -0.1) is 0 Å². The molecule has 0 bridgehead atoms. The lowest BCUT2D eigenvalue weighted by atomic mass is 10.1. The van der Waals surface area contributed by atoms with E-state index in [1.54, 1.807) is 18.6 Å². The molecule has 130 valence electrons. The van der Waals surface area contributed by atoms with Gasteiger partial charge in [0.2, 0.25) is 5.95 Å². The number of aryl methyl sites for hydroxylation is 2. The number of aromatic nitrogens is 3. The summed E-state index contributed by atoms with van der Waals surface area (Å²) < 4.78 is 11.5. The molecule has 6 nitrogen and oxygen atoms in total. The minimum atomic E-state index is 0.526. The van der Waals surface area contributed by atoms with E-state index in [0.29, 0.717) is 29.7 Å². The van der Waals surface area contributed by atoms with Crippen LogP contribution in [0.3, 0.4) is 0 Å². The second kappa shape index (κ2) is 6.84.